The van der Waals surface area contributed by atoms with Crippen LogP contribution in [0.5, 0.6) is 5.75 Å². The summed E-state index contributed by atoms with van der Waals surface area (Å²) in [5, 5.41) is 0.445. The molecule has 1 aromatic rings. The van der Waals surface area contributed by atoms with Gasteiger partial charge in [-0.2, -0.15) is 0 Å². The van der Waals surface area contributed by atoms with E-state index in [1.807, 2.05) is 13.8 Å². The second-order valence-electron chi connectivity index (χ2n) is 5.68. The smallest absolute Gasteiger partial charge is 0.254 e. The van der Waals surface area contributed by atoms with Crippen molar-refractivity contribution in [2.45, 2.75) is 27.2 Å². The third kappa shape index (κ3) is 4.16. The van der Waals surface area contributed by atoms with Crippen LogP contribution in [0, 0.1) is 6.92 Å². The second-order valence-corrected chi connectivity index (χ2v) is 6.09. The standard InChI is InChI=1S/C17H23ClN2O3/c1-4-23-16-10-12(2)14(11-15(16)18)17(22)20-7-5-6-19(8-9-20)13(3)21/h10-11H,4-9H2,1-3H3. The van der Waals surface area contributed by atoms with E-state index in [0.29, 0.717) is 49.1 Å². The van der Waals surface area contributed by atoms with Gasteiger partial charge in [0.15, 0.2) is 0 Å². The number of halogens is 1. The lowest BCUT2D eigenvalue weighted by Crippen LogP contribution is -2.36. The molecule has 1 aliphatic rings. The molecule has 0 saturated carbocycles. The number of benzene rings is 1. The van der Waals surface area contributed by atoms with E-state index in [2.05, 4.69) is 0 Å². The van der Waals surface area contributed by atoms with E-state index in [-0.39, 0.29) is 11.8 Å². The molecule has 0 aliphatic carbocycles. The number of rotatable bonds is 3. The highest BCUT2D eigenvalue weighted by atomic mass is 35.5. The molecule has 0 N–H and O–H groups in total. The summed E-state index contributed by atoms with van der Waals surface area (Å²) in [6.07, 6.45) is 0.787. The van der Waals surface area contributed by atoms with Crippen LogP contribution in [-0.2, 0) is 4.79 Å². The van der Waals surface area contributed by atoms with Gasteiger partial charge in [-0.05, 0) is 38.0 Å². The summed E-state index contributed by atoms with van der Waals surface area (Å²) in [7, 11) is 0. The molecule has 23 heavy (non-hydrogen) atoms. The quantitative estimate of drug-likeness (QED) is 0.851. The van der Waals surface area contributed by atoms with Crippen LogP contribution in [0.2, 0.25) is 5.02 Å². The Morgan fingerprint density at radius 3 is 2.48 bits per heavy atom. The fourth-order valence-corrected chi connectivity index (χ4v) is 2.98. The number of amides is 2. The van der Waals surface area contributed by atoms with Crippen molar-refractivity contribution in [2.75, 3.05) is 32.8 Å². The molecule has 1 fully saturated rings. The molecule has 2 rings (SSSR count). The number of hydrogen-bond acceptors (Lipinski definition) is 3. The minimum absolute atomic E-state index is 0.0437. The summed E-state index contributed by atoms with van der Waals surface area (Å²) >= 11 is 6.21. The number of carbonyl (C=O) groups is 2. The van der Waals surface area contributed by atoms with Crippen LogP contribution in [0.3, 0.4) is 0 Å². The fraction of sp³-hybridized carbons (Fsp3) is 0.529. The van der Waals surface area contributed by atoms with E-state index in [4.69, 9.17) is 16.3 Å². The van der Waals surface area contributed by atoms with Gasteiger partial charge in [0.2, 0.25) is 5.91 Å². The van der Waals surface area contributed by atoms with Crippen molar-refractivity contribution in [2.24, 2.45) is 0 Å². The highest BCUT2D eigenvalue weighted by Crippen LogP contribution is 2.29. The number of carbonyl (C=O) groups excluding carboxylic acids is 2. The van der Waals surface area contributed by atoms with Gasteiger partial charge in [-0.1, -0.05) is 11.6 Å². The van der Waals surface area contributed by atoms with E-state index in [1.54, 1.807) is 28.9 Å². The molecule has 0 bridgehead atoms. The third-order valence-corrected chi connectivity index (χ3v) is 4.33. The zero-order valence-corrected chi connectivity index (χ0v) is 14.7. The maximum absolute atomic E-state index is 12.8. The SMILES string of the molecule is CCOc1cc(C)c(C(=O)N2CCCN(C(C)=O)CC2)cc1Cl. The zero-order chi connectivity index (χ0) is 17.0. The molecule has 5 nitrogen and oxygen atoms in total. The molecule has 1 heterocycles. The largest absolute Gasteiger partial charge is 0.492 e. The maximum Gasteiger partial charge on any atom is 0.254 e. The topological polar surface area (TPSA) is 49.9 Å². The van der Waals surface area contributed by atoms with Gasteiger partial charge < -0.3 is 14.5 Å². The van der Waals surface area contributed by atoms with Gasteiger partial charge in [0.25, 0.3) is 5.91 Å². The van der Waals surface area contributed by atoms with E-state index < -0.39 is 0 Å². The van der Waals surface area contributed by atoms with Crippen LogP contribution in [0.1, 0.15) is 36.2 Å². The molecule has 0 spiro atoms. The molecular formula is C17H23ClN2O3. The van der Waals surface area contributed by atoms with Crippen LogP contribution in [0.4, 0.5) is 0 Å². The van der Waals surface area contributed by atoms with Gasteiger partial charge in [-0.25, -0.2) is 0 Å². The second kappa shape index (κ2) is 7.68. The van der Waals surface area contributed by atoms with Crippen LogP contribution < -0.4 is 4.74 Å². The molecule has 126 valence electrons. The van der Waals surface area contributed by atoms with Gasteiger partial charge in [0.05, 0.1) is 11.6 Å². The lowest BCUT2D eigenvalue weighted by molar-refractivity contribution is -0.128. The van der Waals surface area contributed by atoms with Crippen molar-refractivity contribution in [1.29, 1.82) is 0 Å². The molecule has 6 heteroatoms. The number of aryl methyl sites for hydroxylation is 1. The Morgan fingerprint density at radius 1 is 1.17 bits per heavy atom. The van der Waals surface area contributed by atoms with Crippen molar-refractivity contribution in [3.8, 4) is 5.75 Å². The van der Waals surface area contributed by atoms with Gasteiger partial charge >= 0.3 is 0 Å². The van der Waals surface area contributed by atoms with Crippen molar-refractivity contribution < 1.29 is 14.3 Å². The Bertz CT molecular complexity index is 604. The first-order chi connectivity index (χ1) is 10.9. The van der Waals surface area contributed by atoms with Crippen molar-refractivity contribution in [1.82, 2.24) is 9.80 Å². The first-order valence-corrected chi connectivity index (χ1v) is 8.29. The van der Waals surface area contributed by atoms with E-state index >= 15 is 0 Å². The van der Waals surface area contributed by atoms with Crippen molar-refractivity contribution >= 4 is 23.4 Å². The Morgan fingerprint density at radius 2 is 1.83 bits per heavy atom. The Kier molecular flexibility index (Phi) is 5.88. The molecular weight excluding hydrogens is 316 g/mol. The summed E-state index contributed by atoms with van der Waals surface area (Å²) < 4.78 is 5.46. The molecule has 0 unspecified atom stereocenters. The van der Waals surface area contributed by atoms with Gasteiger partial charge in [-0.15, -0.1) is 0 Å². The zero-order valence-electron chi connectivity index (χ0n) is 13.9. The minimum atomic E-state index is -0.0437. The van der Waals surface area contributed by atoms with Crippen molar-refractivity contribution in [3.63, 3.8) is 0 Å². The third-order valence-electron chi connectivity index (χ3n) is 4.04. The Hall–Kier alpha value is -1.75. The van der Waals surface area contributed by atoms with Gasteiger partial charge in [-0.3, -0.25) is 9.59 Å². The Balaban J connectivity index is 2.17. The fourth-order valence-electron chi connectivity index (χ4n) is 2.76. The molecule has 1 aliphatic heterocycles. The van der Waals surface area contributed by atoms with Gasteiger partial charge in [0.1, 0.15) is 5.75 Å². The number of hydrogen-bond donors (Lipinski definition) is 0. The summed E-state index contributed by atoms with van der Waals surface area (Å²) in [6.45, 7) is 8.32. The predicted octanol–water partition coefficient (Wildman–Crippen LogP) is 2.74. The molecule has 0 aromatic heterocycles. The Labute approximate surface area is 142 Å². The lowest BCUT2D eigenvalue weighted by Gasteiger charge is -2.22. The number of nitrogens with zero attached hydrogens (tertiary/aromatic N) is 2. The minimum Gasteiger partial charge on any atom is -0.492 e. The maximum atomic E-state index is 12.8. The lowest BCUT2D eigenvalue weighted by atomic mass is 10.1. The van der Waals surface area contributed by atoms with Crippen LogP contribution >= 0.6 is 11.6 Å². The van der Waals surface area contributed by atoms with E-state index in [9.17, 15) is 9.59 Å². The molecule has 1 saturated heterocycles. The van der Waals surface area contributed by atoms with E-state index in [1.165, 1.54) is 0 Å². The molecule has 1 aromatic carbocycles. The highest BCUT2D eigenvalue weighted by Gasteiger charge is 2.23. The summed E-state index contributed by atoms with van der Waals surface area (Å²) in [5.41, 5.74) is 1.44. The molecule has 2 amide bonds. The monoisotopic (exact) mass is 338 g/mol. The molecule has 0 atom stereocenters. The summed E-state index contributed by atoms with van der Waals surface area (Å²) in [6, 6.07) is 3.48. The first kappa shape index (κ1) is 17.6. The highest BCUT2D eigenvalue weighted by molar-refractivity contribution is 6.32. The van der Waals surface area contributed by atoms with Gasteiger partial charge in [0, 0.05) is 38.7 Å². The van der Waals surface area contributed by atoms with Crippen molar-refractivity contribution in [3.05, 3.63) is 28.3 Å². The first-order valence-electron chi connectivity index (χ1n) is 7.91. The summed E-state index contributed by atoms with van der Waals surface area (Å²) in [4.78, 5) is 27.9. The van der Waals surface area contributed by atoms with Crippen LogP contribution in [-0.4, -0.2) is 54.4 Å². The predicted molar refractivity (Wildman–Crippen MR) is 90.1 cm³/mol. The average molecular weight is 339 g/mol. The molecule has 0 radical (unpaired) electrons. The van der Waals surface area contributed by atoms with Crippen LogP contribution in [0.25, 0.3) is 0 Å². The van der Waals surface area contributed by atoms with E-state index in [0.717, 1.165) is 12.0 Å². The number of ether oxygens (including phenoxy) is 1. The summed E-state index contributed by atoms with van der Waals surface area (Å²) in [5.74, 6) is 0.610. The van der Waals surface area contributed by atoms with Crippen LogP contribution in [0.15, 0.2) is 12.1 Å². The average Bonchev–Trinajstić information content (AvgIpc) is 2.76. The normalized spacial score (nSPS) is 15.3.